The van der Waals surface area contributed by atoms with Crippen molar-refractivity contribution in [1.29, 1.82) is 0 Å². The summed E-state index contributed by atoms with van der Waals surface area (Å²) < 4.78 is 0. The van der Waals surface area contributed by atoms with Gasteiger partial charge in [-0.2, -0.15) is 0 Å². The Morgan fingerprint density at radius 2 is 0.882 bits per heavy atom. The number of rotatable bonds is 3. The van der Waals surface area contributed by atoms with Gasteiger partial charge in [0.25, 0.3) is 0 Å². The molecule has 34 heavy (non-hydrogen) atoms. The third-order valence-electron chi connectivity index (χ3n) is 6.51. The van der Waals surface area contributed by atoms with E-state index in [1.165, 1.54) is 55.6 Å². The zero-order chi connectivity index (χ0) is 23.1. The number of fused-ring (bicyclic) bond motifs is 3. The first kappa shape index (κ1) is 20.4. The molecular formula is C33H25N. The third-order valence-corrected chi connectivity index (χ3v) is 6.51. The SMILES string of the molecule is Cc1cc(C)cc(N=C2c3cccc(-c4ccccc4)c3-c3c2cccc3-c2ccccc2)c1. The van der Waals surface area contributed by atoms with E-state index in [2.05, 4.69) is 129 Å². The maximum absolute atomic E-state index is 5.25. The van der Waals surface area contributed by atoms with Crippen LogP contribution in [0.15, 0.2) is 120 Å². The number of nitrogens with zero attached hydrogens (tertiary/aromatic N) is 1. The molecule has 0 saturated carbocycles. The summed E-state index contributed by atoms with van der Waals surface area (Å²) in [6, 6.07) is 41.1. The maximum Gasteiger partial charge on any atom is 0.0794 e. The summed E-state index contributed by atoms with van der Waals surface area (Å²) in [6.07, 6.45) is 0. The number of aliphatic imine (C=N–C) groups is 1. The maximum atomic E-state index is 5.25. The zero-order valence-electron chi connectivity index (χ0n) is 19.4. The molecule has 0 fully saturated rings. The highest BCUT2D eigenvalue weighted by molar-refractivity contribution is 6.28. The van der Waals surface area contributed by atoms with E-state index in [9.17, 15) is 0 Å². The van der Waals surface area contributed by atoms with Crippen molar-refractivity contribution in [2.24, 2.45) is 4.99 Å². The molecule has 0 unspecified atom stereocenters. The first-order valence-corrected chi connectivity index (χ1v) is 11.7. The van der Waals surface area contributed by atoms with Crippen molar-refractivity contribution in [1.82, 2.24) is 0 Å². The molecule has 0 bridgehead atoms. The van der Waals surface area contributed by atoms with Crippen LogP contribution < -0.4 is 0 Å². The molecule has 1 heteroatoms. The predicted octanol–water partition coefficient (Wildman–Crippen LogP) is 8.79. The third kappa shape index (κ3) is 3.47. The highest BCUT2D eigenvalue weighted by Crippen LogP contribution is 2.48. The molecule has 5 aromatic carbocycles. The molecule has 1 aliphatic rings. The smallest absolute Gasteiger partial charge is 0.0794 e. The summed E-state index contributed by atoms with van der Waals surface area (Å²) in [5.41, 5.74) is 14.4. The molecule has 162 valence electrons. The first-order chi connectivity index (χ1) is 16.7. The summed E-state index contributed by atoms with van der Waals surface area (Å²) >= 11 is 0. The summed E-state index contributed by atoms with van der Waals surface area (Å²) in [6.45, 7) is 4.27. The van der Waals surface area contributed by atoms with Gasteiger partial charge in [-0.3, -0.25) is 0 Å². The fourth-order valence-electron chi connectivity index (χ4n) is 5.16. The number of hydrogen-bond donors (Lipinski definition) is 0. The van der Waals surface area contributed by atoms with Crippen LogP contribution in [0.4, 0.5) is 5.69 Å². The topological polar surface area (TPSA) is 12.4 Å². The number of benzene rings is 5. The fourth-order valence-corrected chi connectivity index (χ4v) is 5.16. The molecule has 0 amide bonds. The lowest BCUT2D eigenvalue weighted by Gasteiger charge is -2.13. The fraction of sp³-hybridized carbons (Fsp3) is 0.0606. The normalized spacial score (nSPS) is 11.8. The van der Waals surface area contributed by atoms with Crippen LogP contribution in [0, 0.1) is 13.8 Å². The van der Waals surface area contributed by atoms with Crippen molar-refractivity contribution < 1.29 is 0 Å². The summed E-state index contributed by atoms with van der Waals surface area (Å²) in [7, 11) is 0. The number of aryl methyl sites for hydroxylation is 2. The van der Waals surface area contributed by atoms with Crippen LogP contribution in [0.1, 0.15) is 22.3 Å². The van der Waals surface area contributed by atoms with Crippen molar-refractivity contribution in [2.75, 3.05) is 0 Å². The van der Waals surface area contributed by atoms with Crippen LogP contribution in [0.25, 0.3) is 33.4 Å². The largest absolute Gasteiger partial charge is 0.248 e. The Morgan fingerprint density at radius 1 is 0.441 bits per heavy atom. The molecule has 1 nitrogen and oxygen atoms in total. The van der Waals surface area contributed by atoms with Crippen molar-refractivity contribution in [2.45, 2.75) is 13.8 Å². The minimum atomic E-state index is 1.00. The zero-order valence-corrected chi connectivity index (χ0v) is 19.4. The lowest BCUT2D eigenvalue weighted by molar-refractivity contribution is 1.36. The highest BCUT2D eigenvalue weighted by atomic mass is 14.8. The Balaban J connectivity index is 1.69. The monoisotopic (exact) mass is 435 g/mol. The van der Waals surface area contributed by atoms with Crippen LogP contribution >= 0.6 is 0 Å². The Bertz CT molecular complexity index is 1430. The van der Waals surface area contributed by atoms with Gasteiger partial charge in [-0.25, -0.2) is 4.99 Å². The van der Waals surface area contributed by atoms with Gasteiger partial charge in [-0.1, -0.05) is 103 Å². The molecular weight excluding hydrogens is 410 g/mol. The van der Waals surface area contributed by atoms with E-state index in [1.54, 1.807) is 0 Å². The average molecular weight is 436 g/mol. The van der Waals surface area contributed by atoms with E-state index in [0.717, 1.165) is 11.4 Å². The molecule has 0 spiro atoms. The second kappa shape index (κ2) is 8.28. The predicted molar refractivity (Wildman–Crippen MR) is 144 cm³/mol. The van der Waals surface area contributed by atoms with Gasteiger partial charge in [0.1, 0.15) is 0 Å². The van der Waals surface area contributed by atoms with Gasteiger partial charge < -0.3 is 0 Å². The van der Waals surface area contributed by atoms with Gasteiger partial charge >= 0.3 is 0 Å². The van der Waals surface area contributed by atoms with Crippen LogP contribution in [0.3, 0.4) is 0 Å². The van der Waals surface area contributed by atoms with Crippen molar-refractivity contribution >= 4 is 11.4 Å². The van der Waals surface area contributed by atoms with E-state index in [4.69, 9.17) is 4.99 Å². The Morgan fingerprint density at radius 3 is 1.35 bits per heavy atom. The molecule has 0 radical (unpaired) electrons. The second-order valence-corrected chi connectivity index (χ2v) is 8.99. The molecule has 0 atom stereocenters. The van der Waals surface area contributed by atoms with Crippen LogP contribution in [0.5, 0.6) is 0 Å². The minimum Gasteiger partial charge on any atom is -0.248 e. The van der Waals surface area contributed by atoms with Crippen molar-refractivity contribution in [3.63, 3.8) is 0 Å². The summed E-state index contributed by atoms with van der Waals surface area (Å²) in [4.78, 5) is 5.25. The van der Waals surface area contributed by atoms with Gasteiger partial charge in [0.2, 0.25) is 0 Å². The van der Waals surface area contributed by atoms with E-state index in [0.29, 0.717) is 0 Å². The first-order valence-electron chi connectivity index (χ1n) is 11.7. The summed E-state index contributed by atoms with van der Waals surface area (Å²) in [5.74, 6) is 0. The van der Waals surface area contributed by atoms with E-state index in [1.807, 2.05) is 0 Å². The van der Waals surface area contributed by atoms with Gasteiger partial charge in [0.05, 0.1) is 11.4 Å². The minimum absolute atomic E-state index is 1.00. The van der Waals surface area contributed by atoms with Crippen LogP contribution in [-0.4, -0.2) is 5.71 Å². The van der Waals surface area contributed by atoms with Gasteiger partial charge in [0.15, 0.2) is 0 Å². The van der Waals surface area contributed by atoms with E-state index >= 15 is 0 Å². The quantitative estimate of drug-likeness (QED) is 0.263. The lowest BCUT2D eigenvalue weighted by atomic mass is 9.89. The molecule has 0 aliphatic heterocycles. The van der Waals surface area contributed by atoms with Gasteiger partial charge in [0, 0.05) is 22.3 Å². The molecule has 0 heterocycles. The van der Waals surface area contributed by atoms with E-state index in [-0.39, 0.29) is 0 Å². The van der Waals surface area contributed by atoms with Crippen molar-refractivity contribution in [3.8, 4) is 33.4 Å². The lowest BCUT2D eigenvalue weighted by Crippen LogP contribution is -1.98. The van der Waals surface area contributed by atoms with Crippen LogP contribution in [0.2, 0.25) is 0 Å². The molecule has 0 aromatic heterocycles. The molecule has 0 saturated heterocycles. The molecule has 0 N–H and O–H groups in total. The molecule has 6 rings (SSSR count). The van der Waals surface area contributed by atoms with Crippen molar-refractivity contribution in [3.05, 3.63) is 138 Å². The number of hydrogen-bond acceptors (Lipinski definition) is 1. The molecule has 1 aliphatic carbocycles. The Labute approximate surface area is 201 Å². The Kier molecular flexibility index (Phi) is 4.96. The Hall–Kier alpha value is -4.23. The standard InChI is InChI=1S/C33H25N/c1-22-19-23(2)21-26(20-22)34-33-29-17-9-15-27(24-11-5-3-6-12-24)31(29)32-28(16-10-18-30(32)33)25-13-7-4-8-14-25/h3-21H,1-2H3. The highest BCUT2D eigenvalue weighted by Gasteiger charge is 2.30. The van der Waals surface area contributed by atoms with E-state index < -0.39 is 0 Å². The van der Waals surface area contributed by atoms with Crippen LogP contribution in [-0.2, 0) is 0 Å². The van der Waals surface area contributed by atoms with Gasteiger partial charge in [-0.05, 0) is 59.4 Å². The summed E-state index contributed by atoms with van der Waals surface area (Å²) in [5, 5.41) is 0. The molecule has 5 aromatic rings. The second-order valence-electron chi connectivity index (χ2n) is 8.99. The van der Waals surface area contributed by atoms with Gasteiger partial charge in [-0.15, -0.1) is 0 Å². The average Bonchev–Trinajstić information content (AvgIpc) is 3.18.